The number of benzene rings is 4. The van der Waals surface area contributed by atoms with Gasteiger partial charge in [0.1, 0.15) is 21.5 Å². The van der Waals surface area contributed by atoms with Crippen molar-refractivity contribution in [2.75, 3.05) is 0 Å². The van der Waals surface area contributed by atoms with E-state index >= 15 is 0 Å². The maximum atomic E-state index is 12.5. The Hall–Kier alpha value is -2.99. The second-order valence-electron chi connectivity index (χ2n) is 10.3. The van der Waals surface area contributed by atoms with Crippen LogP contribution in [-0.2, 0) is 27.5 Å². The fourth-order valence-electron chi connectivity index (χ4n) is 4.36. The molecule has 0 aliphatic rings. The zero-order valence-electron chi connectivity index (χ0n) is 28.5. The Morgan fingerprint density at radius 2 is 1.00 bits per heavy atom. The normalized spacial score (nSPS) is 11.0. The monoisotopic (exact) mass is 863 g/mol. The number of para-hydroxylation sites is 2. The average Bonchev–Trinajstić information content (AvgIpc) is 3.54. The summed E-state index contributed by atoms with van der Waals surface area (Å²) >= 11 is 17.4. The molecule has 6 rings (SSSR count). The molecule has 2 aromatic heterocycles. The van der Waals surface area contributed by atoms with Gasteiger partial charge in [0.15, 0.2) is 0 Å². The number of aryl methyl sites for hydroxylation is 2. The quantitative estimate of drug-likeness (QED) is 0.122. The van der Waals surface area contributed by atoms with Crippen molar-refractivity contribution in [3.63, 3.8) is 0 Å². The van der Waals surface area contributed by atoms with Gasteiger partial charge in [0.2, 0.25) is 0 Å². The molecule has 54 heavy (non-hydrogen) atoms. The van der Waals surface area contributed by atoms with E-state index in [1.807, 2.05) is 6.07 Å². The zero-order chi connectivity index (χ0) is 37.0. The van der Waals surface area contributed by atoms with Gasteiger partial charge in [-0.2, -0.15) is 20.4 Å². The molecule has 0 bridgehead atoms. The molecule has 0 N–H and O–H groups in total. The van der Waals surface area contributed by atoms with Gasteiger partial charge in [-0.1, -0.05) is 82.7 Å². The van der Waals surface area contributed by atoms with Gasteiger partial charge in [-0.05, 0) is 62.4 Å². The number of hydrogen-bond acceptors (Lipinski definition) is 13. The molecule has 22 heteroatoms. The van der Waals surface area contributed by atoms with Crippen LogP contribution in [0.15, 0.2) is 110 Å². The molecule has 0 atom stereocenters. The van der Waals surface area contributed by atoms with Crippen molar-refractivity contribution in [1.82, 2.24) is 19.6 Å². The number of azo groups is 2. The Labute approximate surface area is 378 Å². The zero-order valence-corrected chi connectivity index (χ0v) is 36.8. The van der Waals surface area contributed by atoms with Gasteiger partial charge in [-0.15, -0.1) is 10.2 Å². The summed E-state index contributed by atoms with van der Waals surface area (Å²) in [5.74, 6) is -2.67. The van der Waals surface area contributed by atoms with Crippen molar-refractivity contribution in [1.29, 1.82) is 0 Å². The molecule has 4 aromatic carbocycles. The topological polar surface area (TPSA) is 235 Å². The molecule has 0 aliphatic heterocycles. The van der Waals surface area contributed by atoms with Crippen molar-refractivity contribution in [3.8, 4) is 34.6 Å². The molecule has 0 saturated heterocycles. The van der Waals surface area contributed by atoms with E-state index in [9.17, 15) is 33.4 Å². The molecule has 2 heterocycles. The number of halogens is 3. The molecule has 0 aliphatic carbocycles. The molecule has 15 nitrogen and oxygen atoms in total. The van der Waals surface area contributed by atoms with E-state index in [1.54, 1.807) is 61.5 Å². The second-order valence-corrected chi connectivity index (χ2v) is 12.9. The standard InChI is InChI=1S/C16H12Cl2N4O2.C16H13ClN4O5S.Cr.2Na/c1-9-14(16(24)22(21-9)11-5-3-2-4-6-11)20-19-13-8-10(17)7-12(18)15(13)23;1-9-14(16(23)21(20-9)11-5-3-2-4-6-11)19-18-12-7-10(17)8-13(15(12)22)27(24,25)26;;;/h2-8,23-24H,1H3;2-8,22-23H,1H3,(H,24,25,26);;;/q;;+3;2*+1/p-5. The van der Waals surface area contributed by atoms with Crippen LogP contribution in [0.4, 0.5) is 22.7 Å². The van der Waals surface area contributed by atoms with Crippen molar-refractivity contribution in [2.45, 2.75) is 18.7 Å². The Bertz CT molecular complexity index is 2420. The molecular weight excluding hydrogens is 845 g/mol. The van der Waals surface area contributed by atoms with E-state index in [4.69, 9.17) is 34.8 Å². The van der Waals surface area contributed by atoms with E-state index in [1.165, 1.54) is 23.7 Å². The third-order valence-corrected chi connectivity index (χ3v) is 8.31. The molecule has 265 valence electrons. The largest absolute Gasteiger partial charge is 3.00 e. The molecule has 1 radical (unpaired) electrons. The van der Waals surface area contributed by atoms with Gasteiger partial charge >= 0.3 is 76.5 Å². The van der Waals surface area contributed by atoms with Crippen molar-refractivity contribution in [2.24, 2.45) is 20.5 Å². The van der Waals surface area contributed by atoms with Crippen molar-refractivity contribution < 1.29 is 110 Å². The van der Waals surface area contributed by atoms with Crippen LogP contribution in [0, 0.1) is 13.8 Å². The predicted octanol–water partition coefficient (Wildman–Crippen LogP) is 0.356. The maximum absolute atomic E-state index is 12.5. The summed E-state index contributed by atoms with van der Waals surface area (Å²) in [4.78, 5) is -1.04. The molecule has 6 aromatic rings. The predicted molar refractivity (Wildman–Crippen MR) is 179 cm³/mol. The maximum Gasteiger partial charge on any atom is 3.00 e. The Kier molecular flexibility index (Phi) is 17.7. The molecule has 0 spiro atoms. The minimum atomic E-state index is -5.04. The first kappa shape index (κ1) is 47.2. The molecule has 0 unspecified atom stereocenters. The van der Waals surface area contributed by atoms with Gasteiger partial charge in [0.25, 0.3) is 0 Å². The van der Waals surface area contributed by atoms with Gasteiger partial charge < -0.3 is 25.0 Å². The van der Waals surface area contributed by atoms with E-state index < -0.39 is 44.0 Å². The SMILES string of the molecule is Cc1nn(-c2ccccc2)c([O-])c1N=Nc1cc(Cl)cc(Cl)c1[O-].Cc1nn(-c2ccccc2)c([O-])c1N=Nc1cc(Cl)cc(S(=O)(=O)[O-])c1[O-].[Cr+3].[Na+].[Na+]. The van der Waals surface area contributed by atoms with Crippen LogP contribution < -0.4 is 79.5 Å². The minimum Gasteiger partial charge on any atom is -0.870 e. The van der Waals surface area contributed by atoms with E-state index in [0.29, 0.717) is 17.1 Å². The van der Waals surface area contributed by atoms with Crippen LogP contribution in [0.3, 0.4) is 0 Å². The first-order valence-electron chi connectivity index (χ1n) is 14.3. The Morgan fingerprint density at radius 1 is 0.611 bits per heavy atom. The van der Waals surface area contributed by atoms with Crippen LogP contribution in [0.2, 0.25) is 15.1 Å². The Morgan fingerprint density at radius 3 is 1.41 bits per heavy atom. The van der Waals surface area contributed by atoms with Gasteiger partial charge in [-0.3, -0.25) is 0 Å². The van der Waals surface area contributed by atoms with Gasteiger partial charge in [0.05, 0.1) is 39.0 Å². The van der Waals surface area contributed by atoms with Crippen molar-refractivity contribution >= 4 is 67.7 Å². The fourth-order valence-corrected chi connectivity index (χ4v) is 5.72. The average molecular weight is 865 g/mol. The van der Waals surface area contributed by atoms with Gasteiger partial charge in [-0.25, -0.2) is 17.8 Å². The molecular formula is C32H20Cl3CrN8Na2O7S. The van der Waals surface area contributed by atoms with Crippen LogP contribution in [0.1, 0.15) is 11.4 Å². The third-order valence-electron chi connectivity index (χ3n) is 6.75. The summed E-state index contributed by atoms with van der Waals surface area (Å²) in [5.41, 5.74) is 1.16. The molecule has 0 saturated carbocycles. The minimum absolute atomic E-state index is 0. The summed E-state index contributed by atoms with van der Waals surface area (Å²) in [5, 5.41) is 72.2. The van der Waals surface area contributed by atoms with Crippen LogP contribution in [0.5, 0.6) is 23.3 Å². The number of hydrogen-bond donors (Lipinski definition) is 0. The summed E-state index contributed by atoms with van der Waals surface area (Å²) < 4.78 is 35.8. The van der Waals surface area contributed by atoms with E-state index in [2.05, 4.69) is 30.7 Å². The second kappa shape index (κ2) is 20.3. The number of nitrogens with zero attached hydrogens (tertiary/aromatic N) is 8. The third kappa shape index (κ3) is 11.1. The Balaban J connectivity index is 0.000000356. The van der Waals surface area contributed by atoms with Crippen LogP contribution >= 0.6 is 34.8 Å². The fraction of sp³-hybridized carbons (Fsp3) is 0.0625. The summed E-state index contributed by atoms with van der Waals surface area (Å²) in [6.45, 7) is 3.16. The number of aromatic nitrogens is 4. The number of rotatable bonds is 7. The smallest absolute Gasteiger partial charge is 0.870 e. The first-order chi connectivity index (χ1) is 24.1. The summed E-state index contributed by atoms with van der Waals surface area (Å²) in [6, 6.07) is 22.0. The summed E-state index contributed by atoms with van der Waals surface area (Å²) in [7, 11) is -5.04. The summed E-state index contributed by atoms with van der Waals surface area (Å²) in [6.07, 6.45) is 0. The molecule has 0 fully saturated rings. The first-order valence-corrected chi connectivity index (χ1v) is 16.8. The van der Waals surface area contributed by atoms with E-state index in [-0.39, 0.29) is 114 Å². The van der Waals surface area contributed by atoms with Crippen LogP contribution in [-0.4, -0.2) is 32.5 Å². The van der Waals surface area contributed by atoms with E-state index in [0.717, 1.165) is 16.8 Å². The molecule has 0 amide bonds. The van der Waals surface area contributed by atoms with Crippen molar-refractivity contribution in [3.05, 3.63) is 111 Å². The van der Waals surface area contributed by atoms with Gasteiger partial charge in [0, 0.05) is 26.8 Å². The van der Waals surface area contributed by atoms with Crippen LogP contribution in [0.25, 0.3) is 11.4 Å².